The van der Waals surface area contributed by atoms with Gasteiger partial charge in [0.1, 0.15) is 17.9 Å². The van der Waals surface area contributed by atoms with Crippen molar-refractivity contribution in [3.05, 3.63) is 89.0 Å². The number of anilines is 1. The fraction of sp³-hybridized carbons (Fsp3) is 0.217. The molecule has 32 heavy (non-hydrogen) atoms. The van der Waals surface area contributed by atoms with Crippen LogP contribution in [0.25, 0.3) is 0 Å². The molecule has 0 radical (unpaired) electrons. The summed E-state index contributed by atoms with van der Waals surface area (Å²) < 4.78 is 5.78. The van der Waals surface area contributed by atoms with Gasteiger partial charge in [-0.15, -0.1) is 0 Å². The Morgan fingerprint density at radius 1 is 1.16 bits per heavy atom. The lowest BCUT2D eigenvalue weighted by Gasteiger charge is -2.40. The molecule has 0 spiro atoms. The summed E-state index contributed by atoms with van der Waals surface area (Å²) in [5.41, 5.74) is 2.70. The fourth-order valence-electron chi connectivity index (χ4n) is 3.61. The average Bonchev–Trinajstić information content (AvgIpc) is 2.81. The lowest BCUT2D eigenvalue weighted by molar-refractivity contribution is -0.162. The van der Waals surface area contributed by atoms with E-state index in [9.17, 15) is 14.7 Å². The van der Waals surface area contributed by atoms with E-state index in [1.807, 2.05) is 24.3 Å². The van der Waals surface area contributed by atoms with Crippen molar-refractivity contribution in [2.45, 2.75) is 18.7 Å². The Morgan fingerprint density at radius 2 is 1.91 bits per heavy atom. The van der Waals surface area contributed by atoms with Crippen LogP contribution in [-0.4, -0.2) is 51.0 Å². The third-order valence-corrected chi connectivity index (χ3v) is 5.44. The van der Waals surface area contributed by atoms with Crippen molar-refractivity contribution in [1.82, 2.24) is 14.9 Å². The number of aliphatic hydroxyl groups excluding tert-OH is 1. The smallest absolute Gasteiger partial charge is 0.255 e. The first-order valence-electron chi connectivity index (χ1n) is 9.99. The number of rotatable bonds is 6. The van der Waals surface area contributed by atoms with E-state index in [0.717, 1.165) is 11.1 Å². The van der Waals surface area contributed by atoms with Gasteiger partial charge in [0, 0.05) is 36.4 Å². The molecule has 0 saturated carbocycles. The van der Waals surface area contributed by atoms with E-state index >= 15 is 0 Å². The van der Waals surface area contributed by atoms with Gasteiger partial charge >= 0.3 is 0 Å². The summed E-state index contributed by atoms with van der Waals surface area (Å²) in [6.07, 6.45) is 4.30. The molecular formula is C23H21ClN4O4. The largest absolute Gasteiger partial charge is 0.394 e. The highest BCUT2D eigenvalue weighted by atomic mass is 35.5. The molecular weight excluding hydrogens is 432 g/mol. The number of halogens is 1. The normalized spacial score (nSPS) is 18.4. The first kappa shape index (κ1) is 21.9. The minimum atomic E-state index is -0.538. The molecule has 2 aromatic heterocycles. The van der Waals surface area contributed by atoms with Crippen LogP contribution in [0.4, 0.5) is 5.69 Å². The first-order valence-corrected chi connectivity index (χ1v) is 10.4. The molecule has 0 unspecified atom stereocenters. The maximum absolute atomic E-state index is 12.5. The number of aromatic nitrogens is 2. The zero-order valence-electron chi connectivity index (χ0n) is 17.0. The molecule has 0 bridgehead atoms. The Morgan fingerprint density at radius 3 is 2.59 bits per heavy atom. The number of morpholine rings is 1. The van der Waals surface area contributed by atoms with E-state index < -0.39 is 12.1 Å². The second-order valence-corrected chi connectivity index (χ2v) is 7.69. The molecule has 1 aromatic carbocycles. The van der Waals surface area contributed by atoms with Crippen molar-refractivity contribution >= 4 is 29.1 Å². The van der Waals surface area contributed by atoms with E-state index in [4.69, 9.17) is 16.3 Å². The third-order valence-electron chi connectivity index (χ3n) is 5.23. The predicted octanol–water partition coefficient (Wildman–Crippen LogP) is 2.84. The van der Waals surface area contributed by atoms with Crippen molar-refractivity contribution in [1.29, 1.82) is 0 Å². The molecule has 3 aromatic rings. The molecule has 0 aliphatic carbocycles. The van der Waals surface area contributed by atoms with Crippen molar-refractivity contribution in [2.24, 2.45) is 0 Å². The van der Waals surface area contributed by atoms with Crippen LogP contribution in [0.5, 0.6) is 0 Å². The summed E-state index contributed by atoms with van der Waals surface area (Å²) in [5, 5.41) is 13.1. The predicted molar refractivity (Wildman–Crippen MR) is 118 cm³/mol. The number of carbonyl (C=O) groups is 2. The van der Waals surface area contributed by atoms with Gasteiger partial charge in [-0.2, -0.15) is 0 Å². The van der Waals surface area contributed by atoms with Gasteiger partial charge in [-0.1, -0.05) is 23.7 Å². The SMILES string of the molecule is O=C(Nc1ccc([C@H]2OCC(=O)N(Cc3ccncc3)[C@@H]2CO)cc1)c1ccnc(Cl)c1. The topological polar surface area (TPSA) is 105 Å². The van der Waals surface area contributed by atoms with Crippen LogP contribution < -0.4 is 5.32 Å². The average molecular weight is 453 g/mol. The molecule has 2 amide bonds. The Labute approximate surface area is 189 Å². The second-order valence-electron chi connectivity index (χ2n) is 7.30. The summed E-state index contributed by atoms with van der Waals surface area (Å²) in [5.74, 6) is -0.490. The van der Waals surface area contributed by atoms with Gasteiger partial charge in [0.2, 0.25) is 5.91 Å². The van der Waals surface area contributed by atoms with Gasteiger partial charge in [-0.25, -0.2) is 4.98 Å². The van der Waals surface area contributed by atoms with E-state index in [1.54, 1.807) is 35.5 Å². The molecule has 9 heteroatoms. The van der Waals surface area contributed by atoms with Crippen LogP contribution in [0, 0.1) is 0 Å². The van der Waals surface area contributed by atoms with Gasteiger partial charge in [0.25, 0.3) is 5.91 Å². The fourth-order valence-corrected chi connectivity index (χ4v) is 3.78. The van der Waals surface area contributed by atoms with E-state index in [-0.39, 0.29) is 30.2 Å². The van der Waals surface area contributed by atoms with Gasteiger partial charge < -0.3 is 20.1 Å². The Hall–Kier alpha value is -3.33. The molecule has 4 rings (SSSR count). The Kier molecular flexibility index (Phi) is 6.75. The summed E-state index contributed by atoms with van der Waals surface area (Å²) >= 11 is 5.84. The van der Waals surface area contributed by atoms with Crippen LogP contribution in [0.3, 0.4) is 0 Å². The molecule has 1 fully saturated rings. The molecule has 2 atom stereocenters. The van der Waals surface area contributed by atoms with Gasteiger partial charge in [0.15, 0.2) is 0 Å². The molecule has 164 valence electrons. The van der Waals surface area contributed by atoms with E-state index in [1.165, 1.54) is 12.3 Å². The summed E-state index contributed by atoms with van der Waals surface area (Å²) in [6.45, 7) is 0.0331. The first-order chi connectivity index (χ1) is 15.5. The maximum atomic E-state index is 12.5. The molecule has 8 nitrogen and oxygen atoms in total. The second kappa shape index (κ2) is 9.86. The number of hydrogen-bond donors (Lipinski definition) is 2. The number of hydrogen-bond acceptors (Lipinski definition) is 6. The number of ether oxygens (including phenoxy) is 1. The molecule has 2 N–H and O–H groups in total. The van der Waals surface area contributed by atoms with Crippen LogP contribution in [0.15, 0.2) is 67.1 Å². The highest BCUT2D eigenvalue weighted by Gasteiger charge is 2.37. The van der Waals surface area contributed by atoms with Crippen LogP contribution >= 0.6 is 11.6 Å². The van der Waals surface area contributed by atoms with Gasteiger partial charge in [0.05, 0.1) is 12.6 Å². The summed E-state index contributed by atoms with van der Waals surface area (Å²) in [4.78, 5) is 34.4. The standard InChI is InChI=1S/C23H21ClN4O4/c24-20-11-17(7-10-26-20)23(31)27-18-3-1-16(2-4-18)22-19(13-29)28(21(30)14-32-22)12-15-5-8-25-9-6-15/h1-11,19,22,29H,12-14H2,(H,27,31)/t19-,22-/m1/s1. The monoisotopic (exact) mass is 452 g/mol. The van der Waals surface area contributed by atoms with E-state index in [0.29, 0.717) is 17.8 Å². The Balaban J connectivity index is 1.48. The van der Waals surface area contributed by atoms with Gasteiger partial charge in [-0.3, -0.25) is 14.6 Å². The number of nitrogens with zero attached hydrogens (tertiary/aromatic N) is 3. The van der Waals surface area contributed by atoms with Gasteiger partial charge in [-0.05, 0) is 47.5 Å². The van der Waals surface area contributed by atoms with Crippen LogP contribution in [0.2, 0.25) is 5.15 Å². The number of aliphatic hydroxyl groups is 1. The highest BCUT2D eigenvalue weighted by molar-refractivity contribution is 6.29. The quantitative estimate of drug-likeness (QED) is 0.557. The summed E-state index contributed by atoms with van der Waals surface area (Å²) in [6, 6.07) is 13.3. The van der Waals surface area contributed by atoms with Crippen LogP contribution in [-0.2, 0) is 16.1 Å². The van der Waals surface area contributed by atoms with Crippen molar-refractivity contribution in [2.75, 3.05) is 18.5 Å². The van der Waals surface area contributed by atoms with Crippen LogP contribution in [0.1, 0.15) is 27.6 Å². The van der Waals surface area contributed by atoms with Crippen molar-refractivity contribution in [3.63, 3.8) is 0 Å². The van der Waals surface area contributed by atoms with Crippen molar-refractivity contribution < 1.29 is 19.4 Å². The van der Waals surface area contributed by atoms with E-state index in [2.05, 4.69) is 15.3 Å². The number of benzene rings is 1. The molecule has 3 heterocycles. The molecule has 1 aliphatic rings. The zero-order chi connectivity index (χ0) is 22.5. The minimum Gasteiger partial charge on any atom is -0.394 e. The Bertz CT molecular complexity index is 1090. The maximum Gasteiger partial charge on any atom is 0.255 e. The zero-order valence-corrected chi connectivity index (χ0v) is 17.8. The number of nitrogens with one attached hydrogen (secondary N) is 1. The third kappa shape index (κ3) is 4.94. The number of amides is 2. The molecule has 1 saturated heterocycles. The lowest BCUT2D eigenvalue weighted by Crippen LogP contribution is -2.52. The summed E-state index contributed by atoms with van der Waals surface area (Å²) in [7, 11) is 0. The molecule has 1 aliphatic heterocycles. The van der Waals surface area contributed by atoms with Crippen molar-refractivity contribution in [3.8, 4) is 0 Å². The lowest BCUT2D eigenvalue weighted by atomic mass is 9.98. The number of pyridine rings is 2. The minimum absolute atomic E-state index is 0.0759. The highest BCUT2D eigenvalue weighted by Crippen LogP contribution is 2.31. The number of carbonyl (C=O) groups excluding carboxylic acids is 2.